The second kappa shape index (κ2) is 5.45. The monoisotopic (exact) mass is 307 g/mol. The summed E-state index contributed by atoms with van der Waals surface area (Å²) in [5, 5.41) is 9.05. The van der Waals surface area contributed by atoms with Crippen molar-refractivity contribution in [2.75, 3.05) is 0 Å². The number of ketones is 2. The number of nitrogens with zero attached hydrogens (tertiary/aromatic N) is 1. The van der Waals surface area contributed by atoms with E-state index in [9.17, 15) is 9.59 Å². The van der Waals surface area contributed by atoms with E-state index >= 15 is 0 Å². The Bertz CT molecular complexity index is 506. The van der Waals surface area contributed by atoms with Gasteiger partial charge in [0.15, 0.2) is 17.5 Å². The average Bonchev–Trinajstić information content (AvgIpc) is 2.29. The standard InChI is InChI=1S/C14H14BrNO2/c1-14(2,3)13(18)11(8-16)12(17)9-4-6-10(15)7-5-9/h4-7,11H,1-3H3/t11-/m0/s1. The number of carbonyl (C=O) groups is 2. The smallest absolute Gasteiger partial charge is 0.187 e. The predicted molar refractivity (Wildman–Crippen MR) is 72.0 cm³/mol. The first-order valence-electron chi connectivity index (χ1n) is 5.51. The van der Waals surface area contributed by atoms with E-state index in [1.807, 2.05) is 6.07 Å². The first kappa shape index (κ1) is 14.6. The largest absolute Gasteiger partial charge is 0.297 e. The lowest BCUT2D eigenvalue weighted by Crippen LogP contribution is -2.32. The lowest BCUT2D eigenvalue weighted by atomic mass is 9.80. The molecule has 0 heterocycles. The first-order chi connectivity index (χ1) is 8.27. The topological polar surface area (TPSA) is 57.9 Å². The molecule has 0 N–H and O–H groups in total. The number of benzene rings is 1. The van der Waals surface area contributed by atoms with Gasteiger partial charge in [0.1, 0.15) is 0 Å². The molecule has 0 aliphatic heterocycles. The van der Waals surface area contributed by atoms with Crippen molar-refractivity contribution in [2.24, 2.45) is 11.3 Å². The maximum Gasteiger partial charge on any atom is 0.187 e. The second-order valence-electron chi connectivity index (χ2n) is 5.05. The Morgan fingerprint density at radius 2 is 1.72 bits per heavy atom. The fourth-order valence-corrected chi connectivity index (χ4v) is 1.71. The highest BCUT2D eigenvalue weighted by Crippen LogP contribution is 2.23. The summed E-state index contributed by atoms with van der Waals surface area (Å²) >= 11 is 3.27. The Labute approximate surface area is 115 Å². The van der Waals surface area contributed by atoms with Crippen molar-refractivity contribution in [1.82, 2.24) is 0 Å². The highest BCUT2D eigenvalue weighted by molar-refractivity contribution is 9.10. The molecule has 0 aliphatic rings. The molecule has 1 atom stereocenters. The summed E-state index contributed by atoms with van der Waals surface area (Å²) in [6.07, 6.45) is 0. The summed E-state index contributed by atoms with van der Waals surface area (Å²) in [6.45, 7) is 5.11. The Balaban J connectivity index is 3.05. The number of carbonyl (C=O) groups excluding carboxylic acids is 2. The molecule has 0 saturated carbocycles. The zero-order chi connectivity index (χ0) is 13.9. The number of rotatable bonds is 3. The van der Waals surface area contributed by atoms with E-state index in [2.05, 4.69) is 15.9 Å². The molecule has 18 heavy (non-hydrogen) atoms. The van der Waals surface area contributed by atoms with Crippen LogP contribution in [0.15, 0.2) is 28.7 Å². The molecule has 0 unspecified atom stereocenters. The van der Waals surface area contributed by atoms with Crippen LogP contribution in [0.1, 0.15) is 31.1 Å². The van der Waals surface area contributed by atoms with Gasteiger partial charge < -0.3 is 0 Å². The third kappa shape index (κ3) is 3.27. The van der Waals surface area contributed by atoms with Crippen LogP contribution >= 0.6 is 15.9 Å². The zero-order valence-corrected chi connectivity index (χ0v) is 12.1. The van der Waals surface area contributed by atoms with Crippen LogP contribution in [-0.4, -0.2) is 11.6 Å². The highest BCUT2D eigenvalue weighted by Gasteiger charge is 2.35. The van der Waals surface area contributed by atoms with E-state index in [4.69, 9.17) is 5.26 Å². The van der Waals surface area contributed by atoms with Gasteiger partial charge in [-0.2, -0.15) is 5.26 Å². The molecular formula is C14H14BrNO2. The molecule has 1 rings (SSSR count). The first-order valence-corrected chi connectivity index (χ1v) is 6.30. The van der Waals surface area contributed by atoms with Crippen molar-refractivity contribution in [3.8, 4) is 6.07 Å². The normalized spacial score (nSPS) is 12.6. The van der Waals surface area contributed by atoms with Crippen molar-refractivity contribution in [3.05, 3.63) is 34.3 Å². The summed E-state index contributed by atoms with van der Waals surface area (Å²) in [4.78, 5) is 24.1. The molecule has 0 aromatic heterocycles. The van der Waals surface area contributed by atoms with E-state index < -0.39 is 17.1 Å². The molecule has 4 heteroatoms. The van der Waals surface area contributed by atoms with Crippen molar-refractivity contribution in [2.45, 2.75) is 20.8 Å². The summed E-state index contributed by atoms with van der Waals surface area (Å²) < 4.78 is 0.842. The van der Waals surface area contributed by atoms with E-state index in [0.717, 1.165) is 4.47 Å². The number of halogens is 1. The van der Waals surface area contributed by atoms with Crippen molar-refractivity contribution in [3.63, 3.8) is 0 Å². The van der Waals surface area contributed by atoms with Crippen LogP contribution in [0.25, 0.3) is 0 Å². The third-order valence-corrected chi connectivity index (χ3v) is 3.05. The molecule has 0 fully saturated rings. The SMILES string of the molecule is CC(C)(C)C(=O)[C@@H](C#N)C(=O)c1ccc(Br)cc1. The summed E-state index contributed by atoms with van der Waals surface area (Å²) in [7, 11) is 0. The molecule has 0 spiro atoms. The minimum Gasteiger partial charge on any atom is -0.297 e. The zero-order valence-electron chi connectivity index (χ0n) is 10.5. The number of hydrogen-bond donors (Lipinski definition) is 0. The number of hydrogen-bond acceptors (Lipinski definition) is 3. The van der Waals surface area contributed by atoms with Gasteiger partial charge in [-0.25, -0.2) is 0 Å². The van der Waals surface area contributed by atoms with Crippen LogP contribution < -0.4 is 0 Å². The van der Waals surface area contributed by atoms with Crippen molar-refractivity contribution in [1.29, 1.82) is 5.26 Å². The Kier molecular flexibility index (Phi) is 4.42. The van der Waals surface area contributed by atoms with Gasteiger partial charge in [0.2, 0.25) is 0 Å². The molecule has 0 bridgehead atoms. The summed E-state index contributed by atoms with van der Waals surface area (Å²) in [6, 6.07) is 8.44. The average molecular weight is 308 g/mol. The quantitative estimate of drug-likeness (QED) is 0.635. The van der Waals surface area contributed by atoms with Crippen LogP contribution in [-0.2, 0) is 4.79 Å². The van der Waals surface area contributed by atoms with Gasteiger partial charge in [0, 0.05) is 15.5 Å². The maximum atomic E-state index is 12.1. The van der Waals surface area contributed by atoms with Gasteiger partial charge >= 0.3 is 0 Å². The van der Waals surface area contributed by atoms with Gasteiger partial charge in [-0.05, 0) is 12.1 Å². The summed E-state index contributed by atoms with van der Waals surface area (Å²) in [5.74, 6) is -2.02. The van der Waals surface area contributed by atoms with Gasteiger partial charge in [0.05, 0.1) is 6.07 Å². The Hall–Kier alpha value is -1.47. The maximum absolute atomic E-state index is 12.1. The van der Waals surface area contributed by atoms with Gasteiger partial charge in [-0.1, -0.05) is 48.8 Å². The molecule has 3 nitrogen and oxygen atoms in total. The fourth-order valence-electron chi connectivity index (χ4n) is 1.45. The van der Waals surface area contributed by atoms with Crippen LogP contribution in [0, 0.1) is 22.7 Å². The van der Waals surface area contributed by atoms with E-state index in [1.54, 1.807) is 45.0 Å². The fraction of sp³-hybridized carbons (Fsp3) is 0.357. The second-order valence-corrected chi connectivity index (χ2v) is 5.96. The third-order valence-electron chi connectivity index (χ3n) is 2.52. The Morgan fingerprint density at radius 1 is 1.22 bits per heavy atom. The van der Waals surface area contributed by atoms with Crippen LogP contribution in [0.5, 0.6) is 0 Å². The van der Waals surface area contributed by atoms with Gasteiger partial charge in [-0.3, -0.25) is 9.59 Å². The van der Waals surface area contributed by atoms with Gasteiger partial charge in [-0.15, -0.1) is 0 Å². The highest BCUT2D eigenvalue weighted by atomic mass is 79.9. The van der Waals surface area contributed by atoms with Crippen LogP contribution in [0.4, 0.5) is 0 Å². The molecule has 94 valence electrons. The minimum absolute atomic E-state index is 0.349. The summed E-state index contributed by atoms with van der Waals surface area (Å²) in [5.41, 5.74) is -0.326. The lowest BCUT2D eigenvalue weighted by molar-refractivity contribution is -0.127. The van der Waals surface area contributed by atoms with E-state index in [1.165, 1.54) is 0 Å². The minimum atomic E-state index is -1.23. The molecule has 1 aromatic rings. The molecule has 0 amide bonds. The number of Topliss-reactive ketones (excluding diaryl/α,β-unsaturated/α-hetero) is 2. The van der Waals surface area contributed by atoms with E-state index in [0.29, 0.717) is 5.56 Å². The van der Waals surface area contributed by atoms with Crippen molar-refractivity contribution < 1.29 is 9.59 Å². The molecule has 0 saturated heterocycles. The number of nitriles is 1. The lowest BCUT2D eigenvalue weighted by Gasteiger charge is -2.19. The van der Waals surface area contributed by atoms with Crippen molar-refractivity contribution >= 4 is 27.5 Å². The Morgan fingerprint density at radius 3 is 2.11 bits per heavy atom. The van der Waals surface area contributed by atoms with Crippen LogP contribution in [0.3, 0.4) is 0 Å². The van der Waals surface area contributed by atoms with E-state index in [-0.39, 0.29) is 5.78 Å². The van der Waals surface area contributed by atoms with Crippen LogP contribution in [0.2, 0.25) is 0 Å². The molecule has 1 aromatic carbocycles. The van der Waals surface area contributed by atoms with Gasteiger partial charge in [0.25, 0.3) is 0 Å². The molecule has 0 aliphatic carbocycles. The predicted octanol–water partition coefficient (Wildman–Crippen LogP) is 3.39. The molecule has 0 radical (unpaired) electrons. The molecular weight excluding hydrogens is 294 g/mol.